The lowest BCUT2D eigenvalue weighted by Crippen LogP contribution is -2.16. The largest absolute Gasteiger partial charge is 0.339 e. The quantitative estimate of drug-likeness (QED) is 0.899. The Bertz CT molecular complexity index is 513. The van der Waals surface area contributed by atoms with Crippen LogP contribution < -0.4 is 5.73 Å². The second kappa shape index (κ2) is 5.31. The minimum atomic E-state index is -0.319. The van der Waals surface area contributed by atoms with Crippen LogP contribution in [0.5, 0.6) is 0 Å². The molecule has 0 aliphatic heterocycles. The van der Waals surface area contributed by atoms with E-state index in [1.165, 1.54) is 0 Å². The van der Waals surface area contributed by atoms with E-state index in [-0.39, 0.29) is 6.04 Å². The number of aryl methyl sites for hydroxylation is 3. The topological polar surface area (TPSA) is 64.9 Å². The van der Waals surface area contributed by atoms with Crippen molar-refractivity contribution in [2.45, 2.75) is 39.7 Å². The Balaban J connectivity index is 2.32. The van der Waals surface area contributed by atoms with Crippen molar-refractivity contribution in [2.24, 2.45) is 5.73 Å². The van der Waals surface area contributed by atoms with Gasteiger partial charge in [0.25, 0.3) is 0 Å². The zero-order valence-corrected chi connectivity index (χ0v) is 11.1. The zero-order valence-electron chi connectivity index (χ0n) is 11.1. The van der Waals surface area contributed by atoms with E-state index in [9.17, 15) is 0 Å². The monoisotopic (exact) mass is 245 g/mol. The number of benzene rings is 1. The third-order valence-electron chi connectivity index (χ3n) is 3.08. The third-order valence-corrected chi connectivity index (χ3v) is 3.08. The second-order valence-electron chi connectivity index (χ2n) is 4.58. The molecule has 0 aliphatic rings. The molecule has 96 valence electrons. The second-order valence-corrected chi connectivity index (χ2v) is 4.58. The maximum atomic E-state index is 6.24. The van der Waals surface area contributed by atoms with Gasteiger partial charge in [-0.3, -0.25) is 0 Å². The summed E-state index contributed by atoms with van der Waals surface area (Å²) in [5.41, 5.74) is 9.64. The van der Waals surface area contributed by atoms with Gasteiger partial charge in [-0.2, -0.15) is 4.98 Å². The van der Waals surface area contributed by atoms with Crippen LogP contribution in [0.1, 0.15) is 47.8 Å². The van der Waals surface area contributed by atoms with E-state index in [0.717, 1.165) is 29.5 Å². The predicted octanol–water partition coefficient (Wildman–Crippen LogP) is 2.69. The molecule has 0 spiro atoms. The number of hydrogen-bond acceptors (Lipinski definition) is 4. The van der Waals surface area contributed by atoms with Crippen LogP contribution in [0.15, 0.2) is 22.7 Å². The molecule has 0 fully saturated rings. The molecular weight excluding hydrogens is 226 g/mol. The van der Waals surface area contributed by atoms with Crippen LogP contribution in [-0.2, 0) is 6.42 Å². The highest BCUT2D eigenvalue weighted by Crippen LogP contribution is 2.24. The summed E-state index contributed by atoms with van der Waals surface area (Å²) in [6.07, 6.45) is 1.78. The lowest BCUT2D eigenvalue weighted by Gasteiger charge is -2.14. The molecule has 0 aliphatic carbocycles. The molecule has 0 bridgehead atoms. The third kappa shape index (κ3) is 2.43. The lowest BCUT2D eigenvalue weighted by molar-refractivity contribution is 0.370. The molecule has 1 aromatic carbocycles. The fourth-order valence-electron chi connectivity index (χ4n) is 2.16. The Morgan fingerprint density at radius 3 is 2.56 bits per heavy atom. The fourth-order valence-corrected chi connectivity index (χ4v) is 2.16. The van der Waals surface area contributed by atoms with E-state index < -0.39 is 0 Å². The summed E-state index contributed by atoms with van der Waals surface area (Å²) < 4.78 is 5.19. The molecule has 1 heterocycles. The van der Waals surface area contributed by atoms with Gasteiger partial charge < -0.3 is 10.3 Å². The molecule has 4 nitrogen and oxygen atoms in total. The first-order chi connectivity index (χ1) is 8.63. The molecular formula is C14H19N3O. The standard InChI is InChI=1S/C14H19N3O/c1-4-6-11-16-14(17-18-11)13(15)12-9(2)7-5-8-10(12)3/h5,7-8,13H,4,6,15H2,1-3H3. The molecule has 2 aromatic rings. The van der Waals surface area contributed by atoms with Crippen LogP contribution in [0.2, 0.25) is 0 Å². The molecule has 2 rings (SSSR count). The molecule has 0 saturated carbocycles. The number of hydrogen-bond donors (Lipinski definition) is 1. The summed E-state index contributed by atoms with van der Waals surface area (Å²) in [7, 11) is 0. The Morgan fingerprint density at radius 2 is 1.94 bits per heavy atom. The van der Waals surface area contributed by atoms with Crippen LogP contribution in [0, 0.1) is 13.8 Å². The van der Waals surface area contributed by atoms with E-state index in [1.54, 1.807) is 0 Å². The summed E-state index contributed by atoms with van der Waals surface area (Å²) in [4.78, 5) is 4.36. The minimum Gasteiger partial charge on any atom is -0.339 e. The number of nitrogens with zero attached hydrogens (tertiary/aromatic N) is 2. The van der Waals surface area contributed by atoms with Gasteiger partial charge in [0.2, 0.25) is 5.89 Å². The summed E-state index contributed by atoms with van der Waals surface area (Å²) in [5, 5.41) is 3.98. The first-order valence-electron chi connectivity index (χ1n) is 6.27. The van der Waals surface area contributed by atoms with Crippen LogP contribution in [0.3, 0.4) is 0 Å². The molecule has 18 heavy (non-hydrogen) atoms. The van der Waals surface area contributed by atoms with Crippen molar-refractivity contribution in [3.63, 3.8) is 0 Å². The van der Waals surface area contributed by atoms with Crippen LogP contribution >= 0.6 is 0 Å². The minimum absolute atomic E-state index is 0.319. The van der Waals surface area contributed by atoms with Crippen molar-refractivity contribution in [1.29, 1.82) is 0 Å². The van der Waals surface area contributed by atoms with Gasteiger partial charge in [-0.05, 0) is 37.0 Å². The van der Waals surface area contributed by atoms with Gasteiger partial charge in [0, 0.05) is 6.42 Å². The van der Waals surface area contributed by atoms with E-state index in [1.807, 2.05) is 6.07 Å². The van der Waals surface area contributed by atoms with E-state index >= 15 is 0 Å². The SMILES string of the molecule is CCCc1nc(C(N)c2c(C)cccc2C)no1. The zero-order chi connectivity index (χ0) is 13.1. The molecule has 0 saturated heterocycles. The Kier molecular flexibility index (Phi) is 3.77. The maximum Gasteiger partial charge on any atom is 0.226 e. The van der Waals surface area contributed by atoms with Crippen molar-refractivity contribution in [3.8, 4) is 0 Å². The van der Waals surface area contributed by atoms with Gasteiger partial charge in [0.15, 0.2) is 5.82 Å². The molecule has 4 heteroatoms. The fraction of sp³-hybridized carbons (Fsp3) is 0.429. The molecule has 1 aromatic heterocycles. The lowest BCUT2D eigenvalue weighted by atomic mass is 9.96. The normalized spacial score (nSPS) is 12.7. The summed E-state index contributed by atoms with van der Waals surface area (Å²) in [5.74, 6) is 1.23. The summed E-state index contributed by atoms with van der Waals surface area (Å²) in [6, 6.07) is 5.81. The van der Waals surface area contributed by atoms with Gasteiger partial charge in [-0.15, -0.1) is 0 Å². The highest BCUT2D eigenvalue weighted by molar-refractivity contribution is 5.38. The predicted molar refractivity (Wildman–Crippen MR) is 70.2 cm³/mol. The Labute approximate surface area is 107 Å². The molecule has 0 amide bonds. The van der Waals surface area contributed by atoms with E-state index in [4.69, 9.17) is 10.3 Å². The van der Waals surface area contributed by atoms with Crippen molar-refractivity contribution in [3.05, 3.63) is 46.6 Å². The average molecular weight is 245 g/mol. The van der Waals surface area contributed by atoms with Gasteiger partial charge in [0.1, 0.15) is 0 Å². The first kappa shape index (κ1) is 12.8. The van der Waals surface area contributed by atoms with Crippen molar-refractivity contribution >= 4 is 0 Å². The summed E-state index contributed by atoms with van der Waals surface area (Å²) in [6.45, 7) is 6.18. The Hall–Kier alpha value is -1.68. The average Bonchev–Trinajstić information content (AvgIpc) is 2.78. The summed E-state index contributed by atoms with van der Waals surface area (Å²) >= 11 is 0. The Morgan fingerprint density at radius 1 is 1.28 bits per heavy atom. The smallest absolute Gasteiger partial charge is 0.226 e. The molecule has 0 radical (unpaired) electrons. The van der Waals surface area contributed by atoms with Gasteiger partial charge >= 0.3 is 0 Å². The molecule has 2 N–H and O–H groups in total. The molecule has 1 unspecified atom stereocenters. The molecule has 1 atom stereocenters. The van der Waals surface area contributed by atoms with Crippen LogP contribution in [0.25, 0.3) is 0 Å². The number of aromatic nitrogens is 2. The van der Waals surface area contributed by atoms with Crippen molar-refractivity contribution in [1.82, 2.24) is 10.1 Å². The number of rotatable bonds is 4. The van der Waals surface area contributed by atoms with Crippen molar-refractivity contribution in [2.75, 3.05) is 0 Å². The van der Waals surface area contributed by atoms with E-state index in [0.29, 0.717) is 11.7 Å². The highest BCUT2D eigenvalue weighted by atomic mass is 16.5. The maximum absolute atomic E-state index is 6.24. The van der Waals surface area contributed by atoms with Gasteiger partial charge in [0.05, 0.1) is 6.04 Å². The van der Waals surface area contributed by atoms with Crippen LogP contribution in [-0.4, -0.2) is 10.1 Å². The van der Waals surface area contributed by atoms with E-state index in [2.05, 4.69) is 43.0 Å². The van der Waals surface area contributed by atoms with Crippen molar-refractivity contribution < 1.29 is 4.52 Å². The van der Waals surface area contributed by atoms with Gasteiger partial charge in [-0.1, -0.05) is 30.3 Å². The van der Waals surface area contributed by atoms with Crippen LogP contribution in [0.4, 0.5) is 0 Å². The first-order valence-corrected chi connectivity index (χ1v) is 6.27. The number of nitrogens with two attached hydrogens (primary N) is 1. The highest BCUT2D eigenvalue weighted by Gasteiger charge is 2.19. The van der Waals surface area contributed by atoms with Gasteiger partial charge in [-0.25, -0.2) is 0 Å².